The Morgan fingerprint density at radius 3 is 1.50 bits per heavy atom. The highest BCUT2D eigenvalue weighted by molar-refractivity contribution is 5.32. The quantitative estimate of drug-likeness (QED) is 0.678. The van der Waals surface area contributed by atoms with Crippen molar-refractivity contribution >= 4 is 0 Å². The SMILES string of the molecule is CN1Cc2ccccc2CCc2ccccc2C1. The van der Waals surface area contributed by atoms with Crippen molar-refractivity contribution in [3.05, 3.63) is 70.8 Å². The van der Waals surface area contributed by atoms with E-state index in [9.17, 15) is 0 Å². The number of nitrogens with zero attached hydrogens (tertiary/aromatic N) is 1. The van der Waals surface area contributed by atoms with Gasteiger partial charge in [-0.3, -0.25) is 4.90 Å². The maximum absolute atomic E-state index is 2.41. The van der Waals surface area contributed by atoms with Gasteiger partial charge in [0.1, 0.15) is 0 Å². The van der Waals surface area contributed by atoms with E-state index in [0.29, 0.717) is 0 Å². The van der Waals surface area contributed by atoms with Crippen LogP contribution < -0.4 is 0 Å². The number of hydrogen-bond donors (Lipinski definition) is 0. The fourth-order valence-electron chi connectivity index (χ4n) is 2.82. The number of aryl methyl sites for hydroxylation is 2. The Balaban J connectivity index is 1.99. The summed E-state index contributed by atoms with van der Waals surface area (Å²) < 4.78 is 0. The molecule has 0 amide bonds. The summed E-state index contributed by atoms with van der Waals surface area (Å²) in [5, 5.41) is 0. The second-order valence-electron chi connectivity index (χ2n) is 5.21. The first-order chi connectivity index (χ1) is 8.83. The highest BCUT2D eigenvalue weighted by atomic mass is 15.1. The number of fused-ring (bicyclic) bond motifs is 2. The van der Waals surface area contributed by atoms with Crippen molar-refractivity contribution in [2.75, 3.05) is 7.05 Å². The second-order valence-corrected chi connectivity index (χ2v) is 5.21. The van der Waals surface area contributed by atoms with Crippen LogP contribution in [0.3, 0.4) is 0 Å². The van der Waals surface area contributed by atoms with Crippen molar-refractivity contribution < 1.29 is 0 Å². The minimum Gasteiger partial charge on any atom is -0.298 e. The first-order valence-electron chi connectivity index (χ1n) is 6.65. The normalized spacial score (nSPS) is 16.1. The van der Waals surface area contributed by atoms with Gasteiger partial charge in [-0.15, -0.1) is 0 Å². The van der Waals surface area contributed by atoms with Crippen LogP contribution in [0.1, 0.15) is 22.3 Å². The summed E-state index contributed by atoms with van der Waals surface area (Å²) in [7, 11) is 2.21. The lowest BCUT2D eigenvalue weighted by atomic mass is 9.98. The van der Waals surface area contributed by atoms with Gasteiger partial charge in [0.15, 0.2) is 0 Å². The molecule has 0 unspecified atom stereocenters. The lowest BCUT2D eigenvalue weighted by Crippen LogP contribution is -2.17. The number of benzene rings is 2. The summed E-state index contributed by atoms with van der Waals surface area (Å²) in [6, 6.07) is 17.7. The zero-order chi connectivity index (χ0) is 12.4. The lowest BCUT2D eigenvalue weighted by Gasteiger charge is -2.18. The Morgan fingerprint density at radius 1 is 0.667 bits per heavy atom. The average Bonchev–Trinajstić information content (AvgIpc) is 2.45. The first-order valence-corrected chi connectivity index (χ1v) is 6.65. The van der Waals surface area contributed by atoms with Crippen LogP contribution >= 0.6 is 0 Å². The van der Waals surface area contributed by atoms with E-state index in [0.717, 1.165) is 25.9 Å². The topological polar surface area (TPSA) is 3.24 Å². The molecular formula is C17H19N. The molecule has 1 heteroatoms. The minimum absolute atomic E-state index is 1.05. The van der Waals surface area contributed by atoms with Crippen LogP contribution in [0, 0.1) is 0 Å². The molecule has 0 saturated heterocycles. The Labute approximate surface area is 109 Å². The molecule has 0 spiro atoms. The van der Waals surface area contributed by atoms with Gasteiger partial charge in [-0.25, -0.2) is 0 Å². The fraction of sp³-hybridized carbons (Fsp3) is 0.294. The number of hydrogen-bond acceptors (Lipinski definition) is 1. The van der Waals surface area contributed by atoms with Gasteiger partial charge < -0.3 is 0 Å². The van der Waals surface area contributed by atoms with Crippen molar-refractivity contribution in [1.82, 2.24) is 4.90 Å². The Hall–Kier alpha value is -1.60. The molecular weight excluding hydrogens is 218 g/mol. The molecule has 0 aromatic heterocycles. The van der Waals surface area contributed by atoms with Crippen molar-refractivity contribution in [3.63, 3.8) is 0 Å². The molecule has 1 aliphatic rings. The predicted octanol–water partition coefficient (Wildman–Crippen LogP) is 3.42. The molecule has 1 nitrogen and oxygen atoms in total. The summed E-state index contributed by atoms with van der Waals surface area (Å²) in [6.07, 6.45) is 2.31. The van der Waals surface area contributed by atoms with Crippen molar-refractivity contribution in [3.8, 4) is 0 Å². The van der Waals surface area contributed by atoms with Crippen LogP contribution in [-0.4, -0.2) is 11.9 Å². The van der Waals surface area contributed by atoms with Gasteiger partial charge in [-0.2, -0.15) is 0 Å². The largest absolute Gasteiger partial charge is 0.298 e. The van der Waals surface area contributed by atoms with E-state index in [1.807, 2.05) is 0 Å². The minimum atomic E-state index is 1.05. The van der Waals surface area contributed by atoms with Crippen LogP contribution in [-0.2, 0) is 25.9 Å². The molecule has 1 aliphatic heterocycles. The van der Waals surface area contributed by atoms with Crippen molar-refractivity contribution in [2.24, 2.45) is 0 Å². The van der Waals surface area contributed by atoms with E-state index in [1.54, 1.807) is 0 Å². The third kappa shape index (κ3) is 2.32. The van der Waals surface area contributed by atoms with Gasteiger partial charge in [0, 0.05) is 13.1 Å². The highest BCUT2D eigenvalue weighted by Gasteiger charge is 2.12. The van der Waals surface area contributed by atoms with Crippen LogP contribution in [0.15, 0.2) is 48.5 Å². The van der Waals surface area contributed by atoms with Crippen LogP contribution in [0.5, 0.6) is 0 Å². The van der Waals surface area contributed by atoms with E-state index in [-0.39, 0.29) is 0 Å². The van der Waals surface area contributed by atoms with Gasteiger partial charge in [-0.05, 0) is 42.1 Å². The highest BCUT2D eigenvalue weighted by Crippen LogP contribution is 2.20. The third-order valence-electron chi connectivity index (χ3n) is 3.78. The molecule has 0 N–H and O–H groups in total. The molecule has 2 aromatic rings. The van der Waals surface area contributed by atoms with E-state index in [1.165, 1.54) is 22.3 Å². The maximum Gasteiger partial charge on any atom is 0.0236 e. The van der Waals surface area contributed by atoms with Gasteiger partial charge in [0.2, 0.25) is 0 Å². The maximum atomic E-state index is 2.41. The average molecular weight is 237 g/mol. The Morgan fingerprint density at radius 2 is 1.06 bits per heavy atom. The fourth-order valence-corrected chi connectivity index (χ4v) is 2.82. The summed E-state index contributed by atoms with van der Waals surface area (Å²) in [4.78, 5) is 2.41. The van der Waals surface area contributed by atoms with Gasteiger partial charge in [0.25, 0.3) is 0 Å². The molecule has 3 rings (SSSR count). The van der Waals surface area contributed by atoms with E-state index in [4.69, 9.17) is 0 Å². The molecule has 18 heavy (non-hydrogen) atoms. The van der Waals surface area contributed by atoms with Crippen molar-refractivity contribution in [1.29, 1.82) is 0 Å². The van der Waals surface area contributed by atoms with Crippen LogP contribution in [0.25, 0.3) is 0 Å². The summed E-state index contributed by atoms with van der Waals surface area (Å²) in [5.41, 5.74) is 5.96. The molecule has 92 valence electrons. The van der Waals surface area contributed by atoms with Crippen LogP contribution in [0.2, 0.25) is 0 Å². The molecule has 1 heterocycles. The molecule has 0 atom stereocenters. The molecule has 0 saturated carbocycles. The van der Waals surface area contributed by atoms with E-state index >= 15 is 0 Å². The lowest BCUT2D eigenvalue weighted by molar-refractivity contribution is 0.318. The monoisotopic (exact) mass is 237 g/mol. The Bertz CT molecular complexity index is 495. The van der Waals surface area contributed by atoms with E-state index < -0.39 is 0 Å². The zero-order valence-electron chi connectivity index (χ0n) is 10.9. The van der Waals surface area contributed by atoms with E-state index in [2.05, 4.69) is 60.5 Å². The summed E-state index contributed by atoms with van der Waals surface area (Å²) in [6.45, 7) is 2.09. The number of rotatable bonds is 0. The molecule has 0 fully saturated rings. The summed E-state index contributed by atoms with van der Waals surface area (Å²) in [5.74, 6) is 0. The van der Waals surface area contributed by atoms with Gasteiger partial charge in [0.05, 0.1) is 0 Å². The molecule has 2 aromatic carbocycles. The zero-order valence-corrected chi connectivity index (χ0v) is 10.9. The van der Waals surface area contributed by atoms with Gasteiger partial charge in [-0.1, -0.05) is 48.5 Å². The molecule has 0 bridgehead atoms. The smallest absolute Gasteiger partial charge is 0.0236 e. The summed E-state index contributed by atoms with van der Waals surface area (Å²) >= 11 is 0. The first kappa shape index (κ1) is 11.5. The standard InChI is InChI=1S/C17H19N/c1-18-12-16-8-4-2-6-14(16)10-11-15-7-3-5-9-17(15)13-18/h2-9H,10-13H2,1H3. The molecule has 0 radical (unpaired) electrons. The molecule has 0 aliphatic carbocycles. The second kappa shape index (κ2) is 4.95. The van der Waals surface area contributed by atoms with Crippen molar-refractivity contribution in [2.45, 2.75) is 25.9 Å². The third-order valence-corrected chi connectivity index (χ3v) is 3.78. The van der Waals surface area contributed by atoms with Gasteiger partial charge >= 0.3 is 0 Å². The van der Waals surface area contributed by atoms with Crippen LogP contribution in [0.4, 0.5) is 0 Å². The Kier molecular flexibility index (Phi) is 3.16. The predicted molar refractivity (Wildman–Crippen MR) is 75.5 cm³/mol.